The van der Waals surface area contributed by atoms with Crippen LogP contribution in [0.4, 0.5) is 0 Å². The topological polar surface area (TPSA) is 33.3 Å². The Balaban J connectivity index is 1.55. The van der Waals surface area contributed by atoms with Gasteiger partial charge in [-0.2, -0.15) is 0 Å². The van der Waals surface area contributed by atoms with Crippen LogP contribution in [-0.2, 0) is 11.2 Å². The maximum absolute atomic E-state index is 5.48. The standard InChI is InChI=1S/C16H26N2O/c1-14(12-16-13-19-11-10-18-16)17-9-5-8-15-6-3-2-4-7-15/h2-4,6-7,14,16-18H,5,8-13H2,1H3. The molecule has 0 radical (unpaired) electrons. The Kier molecular flexibility index (Phi) is 6.34. The van der Waals surface area contributed by atoms with Crippen molar-refractivity contribution in [1.29, 1.82) is 0 Å². The summed E-state index contributed by atoms with van der Waals surface area (Å²) in [5, 5.41) is 7.11. The van der Waals surface area contributed by atoms with Crippen molar-refractivity contribution in [3.8, 4) is 0 Å². The van der Waals surface area contributed by atoms with Gasteiger partial charge in [-0.3, -0.25) is 0 Å². The number of rotatable bonds is 7. The molecule has 0 amide bonds. The first kappa shape index (κ1) is 14.5. The summed E-state index contributed by atoms with van der Waals surface area (Å²) < 4.78 is 5.48. The first-order valence-corrected chi connectivity index (χ1v) is 7.43. The van der Waals surface area contributed by atoms with E-state index in [1.807, 2.05) is 0 Å². The Morgan fingerprint density at radius 2 is 2.21 bits per heavy atom. The fourth-order valence-electron chi connectivity index (χ4n) is 2.57. The Hall–Kier alpha value is -0.900. The molecule has 2 N–H and O–H groups in total. The summed E-state index contributed by atoms with van der Waals surface area (Å²) in [6.07, 6.45) is 3.50. The second kappa shape index (κ2) is 8.31. The van der Waals surface area contributed by atoms with Crippen molar-refractivity contribution in [2.75, 3.05) is 26.3 Å². The molecule has 0 saturated carbocycles. The molecule has 1 aliphatic heterocycles. The van der Waals surface area contributed by atoms with Gasteiger partial charge in [-0.25, -0.2) is 0 Å². The highest BCUT2D eigenvalue weighted by molar-refractivity contribution is 5.14. The molecule has 0 spiro atoms. The molecule has 2 atom stereocenters. The Morgan fingerprint density at radius 3 is 2.95 bits per heavy atom. The van der Waals surface area contributed by atoms with Crippen LogP contribution in [0.15, 0.2) is 30.3 Å². The minimum atomic E-state index is 0.519. The highest BCUT2D eigenvalue weighted by Gasteiger charge is 2.15. The monoisotopic (exact) mass is 262 g/mol. The number of hydrogen-bond acceptors (Lipinski definition) is 3. The van der Waals surface area contributed by atoms with Crippen LogP contribution in [0.1, 0.15) is 25.3 Å². The molecule has 106 valence electrons. The van der Waals surface area contributed by atoms with E-state index >= 15 is 0 Å². The minimum absolute atomic E-state index is 0.519. The Bertz CT molecular complexity index is 336. The lowest BCUT2D eigenvalue weighted by Crippen LogP contribution is -2.45. The summed E-state index contributed by atoms with van der Waals surface area (Å²) in [7, 11) is 0. The van der Waals surface area contributed by atoms with Crippen LogP contribution >= 0.6 is 0 Å². The van der Waals surface area contributed by atoms with Gasteiger partial charge in [0.25, 0.3) is 0 Å². The van der Waals surface area contributed by atoms with E-state index < -0.39 is 0 Å². The smallest absolute Gasteiger partial charge is 0.0620 e. The van der Waals surface area contributed by atoms with Gasteiger partial charge in [-0.1, -0.05) is 30.3 Å². The quantitative estimate of drug-likeness (QED) is 0.737. The molecular weight excluding hydrogens is 236 g/mol. The van der Waals surface area contributed by atoms with E-state index in [1.54, 1.807) is 0 Å². The average Bonchev–Trinajstić information content (AvgIpc) is 2.46. The summed E-state index contributed by atoms with van der Waals surface area (Å²) in [6.45, 7) is 6.05. The summed E-state index contributed by atoms with van der Waals surface area (Å²) in [4.78, 5) is 0. The maximum Gasteiger partial charge on any atom is 0.0620 e. The van der Waals surface area contributed by atoms with E-state index in [-0.39, 0.29) is 0 Å². The molecule has 1 saturated heterocycles. The van der Waals surface area contributed by atoms with Crippen molar-refractivity contribution in [3.05, 3.63) is 35.9 Å². The third-order valence-corrected chi connectivity index (χ3v) is 3.61. The normalized spacial score (nSPS) is 21.2. The zero-order valence-corrected chi connectivity index (χ0v) is 11.9. The second-order valence-electron chi connectivity index (χ2n) is 5.41. The third-order valence-electron chi connectivity index (χ3n) is 3.61. The van der Waals surface area contributed by atoms with Gasteiger partial charge in [-0.05, 0) is 38.3 Å². The molecule has 0 aliphatic carbocycles. The second-order valence-corrected chi connectivity index (χ2v) is 5.41. The van der Waals surface area contributed by atoms with Crippen LogP contribution in [0.3, 0.4) is 0 Å². The molecule has 0 aromatic heterocycles. The highest BCUT2D eigenvalue weighted by Crippen LogP contribution is 2.04. The first-order chi connectivity index (χ1) is 9.34. The van der Waals surface area contributed by atoms with Crippen LogP contribution in [0, 0.1) is 0 Å². The van der Waals surface area contributed by atoms with E-state index in [2.05, 4.69) is 47.9 Å². The van der Waals surface area contributed by atoms with Crippen molar-refractivity contribution in [3.63, 3.8) is 0 Å². The molecule has 1 aromatic rings. The fourth-order valence-corrected chi connectivity index (χ4v) is 2.57. The summed E-state index contributed by atoms with van der Waals surface area (Å²) in [5.74, 6) is 0. The van der Waals surface area contributed by atoms with Crippen molar-refractivity contribution in [2.24, 2.45) is 0 Å². The highest BCUT2D eigenvalue weighted by atomic mass is 16.5. The third kappa shape index (κ3) is 5.72. The van der Waals surface area contributed by atoms with Crippen LogP contribution in [0.25, 0.3) is 0 Å². The van der Waals surface area contributed by atoms with Crippen LogP contribution < -0.4 is 10.6 Å². The van der Waals surface area contributed by atoms with Crippen molar-refractivity contribution in [2.45, 2.75) is 38.3 Å². The predicted octanol–water partition coefficient (Wildman–Crippen LogP) is 1.98. The van der Waals surface area contributed by atoms with Gasteiger partial charge < -0.3 is 15.4 Å². The summed E-state index contributed by atoms with van der Waals surface area (Å²) in [5.41, 5.74) is 1.43. The molecule has 3 heteroatoms. The van der Waals surface area contributed by atoms with Gasteiger partial charge in [-0.15, -0.1) is 0 Å². The van der Waals surface area contributed by atoms with Crippen LogP contribution in [0.2, 0.25) is 0 Å². The zero-order valence-electron chi connectivity index (χ0n) is 11.9. The van der Waals surface area contributed by atoms with Gasteiger partial charge in [0.15, 0.2) is 0 Å². The number of aryl methyl sites for hydroxylation is 1. The van der Waals surface area contributed by atoms with Gasteiger partial charge in [0, 0.05) is 18.6 Å². The molecule has 1 aliphatic rings. The van der Waals surface area contributed by atoms with E-state index in [1.165, 1.54) is 12.0 Å². The lowest BCUT2D eigenvalue weighted by atomic mass is 10.1. The largest absolute Gasteiger partial charge is 0.379 e. The molecule has 0 bridgehead atoms. The van der Waals surface area contributed by atoms with Crippen molar-refractivity contribution >= 4 is 0 Å². The Labute approximate surface area is 116 Å². The number of morpholine rings is 1. The molecule has 1 fully saturated rings. The lowest BCUT2D eigenvalue weighted by molar-refractivity contribution is 0.0712. The van der Waals surface area contributed by atoms with Gasteiger partial charge in [0.1, 0.15) is 0 Å². The van der Waals surface area contributed by atoms with Gasteiger partial charge in [0.2, 0.25) is 0 Å². The molecule has 3 nitrogen and oxygen atoms in total. The molecule has 1 heterocycles. The minimum Gasteiger partial charge on any atom is -0.379 e. The first-order valence-electron chi connectivity index (χ1n) is 7.43. The predicted molar refractivity (Wildman–Crippen MR) is 79.5 cm³/mol. The number of ether oxygens (including phenoxy) is 1. The van der Waals surface area contributed by atoms with Crippen LogP contribution in [0.5, 0.6) is 0 Å². The number of hydrogen-bond donors (Lipinski definition) is 2. The van der Waals surface area contributed by atoms with E-state index in [0.717, 1.165) is 39.1 Å². The lowest BCUT2D eigenvalue weighted by Gasteiger charge is -2.26. The van der Waals surface area contributed by atoms with E-state index in [9.17, 15) is 0 Å². The fraction of sp³-hybridized carbons (Fsp3) is 0.625. The average molecular weight is 262 g/mol. The molecule has 1 aromatic carbocycles. The molecular formula is C16H26N2O. The SMILES string of the molecule is CC(CC1COCCN1)NCCCc1ccccc1. The summed E-state index contributed by atoms with van der Waals surface area (Å²) >= 11 is 0. The number of benzene rings is 1. The van der Waals surface area contributed by atoms with E-state index in [4.69, 9.17) is 4.74 Å². The van der Waals surface area contributed by atoms with Crippen LogP contribution in [-0.4, -0.2) is 38.4 Å². The van der Waals surface area contributed by atoms with Crippen molar-refractivity contribution < 1.29 is 4.74 Å². The maximum atomic E-state index is 5.48. The molecule has 19 heavy (non-hydrogen) atoms. The van der Waals surface area contributed by atoms with Gasteiger partial charge >= 0.3 is 0 Å². The summed E-state index contributed by atoms with van der Waals surface area (Å²) in [6, 6.07) is 11.8. The zero-order chi connectivity index (χ0) is 13.3. The molecule has 2 rings (SSSR count). The van der Waals surface area contributed by atoms with E-state index in [0.29, 0.717) is 12.1 Å². The Morgan fingerprint density at radius 1 is 1.37 bits per heavy atom. The molecule has 2 unspecified atom stereocenters. The van der Waals surface area contributed by atoms with Gasteiger partial charge in [0.05, 0.1) is 13.2 Å². The van der Waals surface area contributed by atoms with Crippen molar-refractivity contribution in [1.82, 2.24) is 10.6 Å². The number of nitrogens with one attached hydrogen (secondary N) is 2.